The van der Waals surface area contributed by atoms with Crippen molar-refractivity contribution in [2.75, 3.05) is 13.2 Å². The molecule has 3 aliphatic heterocycles. The van der Waals surface area contributed by atoms with Crippen LogP contribution < -0.4 is 0 Å². The first-order valence-corrected chi connectivity index (χ1v) is 9.50. The molecule has 4 rings (SSSR count). The van der Waals surface area contributed by atoms with E-state index in [-0.39, 0.29) is 18.7 Å². The third-order valence-corrected chi connectivity index (χ3v) is 5.90. The molecule has 1 aromatic rings. The van der Waals surface area contributed by atoms with Gasteiger partial charge in [0.1, 0.15) is 24.2 Å². The van der Waals surface area contributed by atoms with Gasteiger partial charge in [0, 0.05) is 24.9 Å². The Morgan fingerprint density at radius 3 is 2.56 bits per heavy atom. The lowest BCUT2D eigenvalue weighted by molar-refractivity contribution is -0.157. The summed E-state index contributed by atoms with van der Waals surface area (Å²) < 4.78 is 11.6. The third-order valence-electron chi connectivity index (χ3n) is 5.90. The number of esters is 1. The number of morpholine rings is 1. The number of hydrogen-bond acceptors (Lipinski definition) is 5. The first-order chi connectivity index (χ1) is 12.2. The van der Waals surface area contributed by atoms with Gasteiger partial charge in [-0.15, -0.1) is 0 Å². The number of fused-ring (bicyclic) bond motifs is 5. The Labute approximate surface area is 148 Å². The number of carbonyl (C=O) groups is 1. The molecule has 0 saturated carbocycles. The number of rotatable bonds is 7. The zero-order valence-corrected chi connectivity index (χ0v) is 14.7. The van der Waals surface area contributed by atoms with Crippen molar-refractivity contribution in [3.8, 4) is 0 Å². The van der Waals surface area contributed by atoms with Crippen molar-refractivity contribution in [2.24, 2.45) is 0 Å². The van der Waals surface area contributed by atoms with Crippen molar-refractivity contribution in [3.05, 3.63) is 35.9 Å². The van der Waals surface area contributed by atoms with Crippen molar-refractivity contribution in [1.82, 2.24) is 4.90 Å². The number of nitrogens with zero attached hydrogens (tertiary/aromatic N) is 1. The lowest BCUT2D eigenvalue weighted by atomic mass is 9.97. The molecule has 0 aliphatic carbocycles. The third kappa shape index (κ3) is 3.21. The number of hydrogen-bond donors (Lipinski definition) is 1. The number of carbonyl (C=O) groups excluding carboxylic acids is 1. The van der Waals surface area contributed by atoms with E-state index >= 15 is 0 Å². The summed E-state index contributed by atoms with van der Waals surface area (Å²) in [4.78, 5) is 15.2. The molecule has 0 spiro atoms. The Hall–Kier alpha value is -1.43. The van der Waals surface area contributed by atoms with Crippen LogP contribution >= 0.6 is 0 Å². The Balaban J connectivity index is 1.39. The number of epoxide rings is 1. The van der Waals surface area contributed by atoms with E-state index in [1.54, 1.807) is 0 Å². The maximum Gasteiger partial charge on any atom is 0.316 e. The van der Waals surface area contributed by atoms with Gasteiger partial charge in [-0.05, 0) is 18.5 Å². The number of ether oxygens (including phenoxy) is 2. The van der Waals surface area contributed by atoms with Crippen molar-refractivity contribution < 1.29 is 19.4 Å². The monoisotopic (exact) mass is 345 g/mol. The highest BCUT2D eigenvalue weighted by atomic mass is 16.6. The predicted molar refractivity (Wildman–Crippen MR) is 93.2 cm³/mol. The van der Waals surface area contributed by atoms with Gasteiger partial charge < -0.3 is 14.6 Å². The molecular weight excluding hydrogens is 318 g/mol. The molecule has 1 N–H and O–H groups in total. The Bertz CT molecular complexity index is 589. The lowest BCUT2D eigenvalue weighted by Crippen LogP contribution is -2.50. The van der Waals surface area contributed by atoms with Gasteiger partial charge in [-0.3, -0.25) is 9.69 Å². The summed E-state index contributed by atoms with van der Waals surface area (Å²) >= 11 is 0. The molecule has 2 bridgehead atoms. The van der Waals surface area contributed by atoms with Crippen LogP contribution in [0.1, 0.15) is 44.1 Å². The summed E-state index contributed by atoms with van der Waals surface area (Å²) in [5.41, 5.74) is 0.810. The van der Waals surface area contributed by atoms with Crippen LogP contribution in [0.25, 0.3) is 0 Å². The molecule has 0 radical (unpaired) electrons. The lowest BCUT2D eigenvalue weighted by Gasteiger charge is -2.40. The zero-order valence-electron chi connectivity index (χ0n) is 14.7. The van der Waals surface area contributed by atoms with Crippen LogP contribution in [0.3, 0.4) is 0 Å². The largest absolute Gasteiger partial charge is 0.462 e. The first-order valence-electron chi connectivity index (χ1n) is 9.50. The highest BCUT2D eigenvalue weighted by Gasteiger charge is 2.63. The molecule has 3 heterocycles. The summed E-state index contributed by atoms with van der Waals surface area (Å²) in [5.74, 6) is -0.905. The van der Waals surface area contributed by atoms with Gasteiger partial charge in [0.05, 0.1) is 6.61 Å². The smallest absolute Gasteiger partial charge is 0.316 e. The molecule has 0 aromatic heterocycles. The molecule has 0 amide bonds. The van der Waals surface area contributed by atoms with Gasteiger partial charge in [0.25, 0.3) is 0 Å². The van der Waals surface area contributed by atoms with Crippen LogP contribution in [-0.2, 0) is 14.3 Å². The first kappa shape index (κ1) is 17.0. The fourth-order valence-corrected chi connectivity index (χ4v) is 4.57. The Morgan fingerprint density at radius 2 is 1.96 bits per heavy atom. The average molecular weight is 345 g/mol. The normalized spacial score (nSPS) is 34.4. The van der Waals surface area contributed by atoms with Crippen LogP contribution in [0.15, 0.2) is 30.3 Å². The maximum absolute atomic E-state index is 12.6. The second kappa shape index (κ2) is 7.06. The highest BCUT2D eigenvalue weighted by Crippen LogP contribution is 2.49. The van der Waals surface area contributed by atoms with Gasteiger partial charge in [0.2, 0.25) is 0 Å². The molecule has 3 saturated heterocycles. The van der Waals surface area contributed by atoms with Gasteiger partial charge in [-0.2, -0.15) is 0 Å². The highest BCUT2D eigenvalue weighted by molar-refractivity contribution is 5.78. The van der Waals surface area contributed by atoms with Crippen molar-refractivity contribution in [1.29, 1.82) is 0 Å². The van der Waals surface area contributed by atoms with Crippen molar-refractivity contribution in [3.63, 3.8) is 0 Å². The van der Waals surface area contributed by atoms with Crippen LogP contribution in [0.5, 0.6) is 0 Å². The molecule has 6 atom stereocenters. The second-order valence-electron chi connectivity index (χ2n) is 7.47. The summed E-state index contributed by atoms with van der Waals surface area (Å²) in [6.07, 6.45) is 4.72. The minimum absolute atomic E-state index is 0.0606. The second-order valence-corrected chi connectivity index (χ2v) is 7.47. The van der Waals surface area contributed by atoms with E-state index in [0.29, 0.717) is 24.3 Å². The SMILES string of the molecule is CCCCN1[C@@H]2CC(OC(=O)[C@H](CO)c3ccccc3)C[C@H]1[C@H]1O[C@@H]12. The predicted octanol–water partition coefficient (Wildman–Crippen LogP) is 2.09. The number of unbranched alkanes of at least 4 members (excludes halogenated alkanes) is 1. The quantitative estimate of drug-likeness (QED) is 0.606. The zero-order chi connectivity index (χ0) is 17.4. The molecule has 1 unspecified atom stereocenters. The summed E-state index contributed by atoms with van der Waals surface area (Å²) in [6.45, 7) is 3.11. The van der Waals surface area contributed by atoms with Crippen LogP contribution in [0.2, 0.25) is 0 Å². The molecule has 1 aromatic carbocycles. The minimum atomic E-state index is -0.595. The fraction of sp³-hybridized carbons (Fsp3) is 0.650. The minimum Gasteiger partial charge on any atom is -0.462 e. The van der Waals surface area contributed by atoms with Gasteiger partial charge in [-0.1, -0.05) is 43.7 Å². The number of aliphatic hydroxyl groups excluding tert-OH is 1. The molecule has 25 heavy (non-hydrogen) atoms. The topological polar surface area (TPSA) is 62.3 Å². The molecule has 3 aliphatic rings. The average Bonchev–Trinajstić information content (AvgIpc) is 3.38. The fourth-order valence-electron chi connectivity index (χ4n) is 4.57. The van der Waals surface area contributed by atoms with Crippen LogP contribution in [0.4, 0.5) is 0 Å². The molecule has 136 valence electrons. The van der Waals surface area contributed by atoms with Crippen LogP contribution in [0, 0.1) is 0 Å². The van der Waals surface area contributed by atoms with E-state index in [0.717, 1.165) is 24.9 Å². The Morgan fingerprint density at radius 1 is 1.28 bits per heavy atom. The standard InChI is InChI=1S/C20H27NO4/c1-2-3-9-21-16-10-14(11-17(21)19-18(16)25-19)24-20(23)15(12-22)13-7-5-4-6-8-13/h4-8,14-19,22H,2-3,9-12H2,1H3/t14?,15-,16-,17+,18-,19-/m1/s1. The van der Waals surface area contributed by atoms with E-state index in [2.05, 4.69) is 11.8 Å². The van der Waals surface area contributed by atoms with Gasteiger partial charge in [-0.25, -0.2) is 0 Å². The number of benzene rings is 1. The summed E-state index contributed by atoms with van der Waals surface area (Å²) in [6, 6.07) is 10.2. The van der Waals surface area contributed by atoms with E-state index in [1.807, 2.05) is 30.3 Å². The van der Waals surface area contributed by atoms with Crippen LogP contribution in [-0.4, -0.2) is 59.5 Å². The summed E-state index contributed by atoms with van der Waals surface area (Å²) in [7, 11) is 0. The van der Waals surface area contributed by atoms with E-state index in [4.69, 9.17) is 9.47 Å². The molecular formula is C20H27NO4. The molecule has 5 heteroatoms. The molecule has 3 fully saturated rings. The van der Waals surface area contributed by atoms with Gasteiger partial charge >= 0.3 is 5.97 Å². The van der Waals surface area contributed by atoms with Crippen molar-refractivity contribution in [2.45, 2.75) is 68.9 Å². The maximum atomic E-state index is 12.6. The number of piperidine rings is 1. The van der Waals surface area contributed by atoms with E-state index < -0.39 is 5.92 Å². The molecule has 5 nitrogen and oxygen atoms in total. The van der Waals surface area contributed by atoms with E-state index in [1.165, 1.54) is 12.8 Å². The Kier molecular flexibility index (Phi) is 4.80. The van der Waals surface area contributed by atoms with Gasteiger partial charge in [0.15, 0.2) is 0 Å². The number of aliphatic hydroxyl groups is 1. The summed E-state index contributed by atoms with van der Waals surface area (Å²) in [5, 5.41) is 9.65. The van der Waals surface area contributed by atoms with Crippen molar-refractivity contribution >= 4 is 5.97 Å². The van der Waals surface area contributed by atoms with E-state index in [9.17, 15) is 9.90 Å².